The summed E-state index contributed by atoms with van der Waals surface area (Å²) in [6.45, 7) is 1.99. The van der Waals surface area contributed by atoms with Crippen molar-refractivity contribution >= 4 is 16.9 Å². The largest absolute Gasteiger partial charge is 0.477 e. The van der Waals surface area contributed by atoms with Crippen LogP contribution in [0.4, 0.5) is 4.39 Å². The summed E-state index contributed by atoms with van der Waals surface area (Å²) in [4.78, 5) is 14.8. The number of hydrogen-bond acceptors (Lipinski definition) is 2. The Morgan fingerprint density at radius 1 is 1.47 bits per heavy atom. The summed E-state index contributed by atoms with van der Waals surface area (Å²) in [6.07, 6.45) is 1.58. The summed E-state index contributed by atoms with van der Waals surface area (Å²) >= 11 is 0. The van der Waals surface area contributed by atoms with Gasteiger partial charge in [0, 0.05) is 5.39 Å². The first-order valence-corrected chi connectivity index (χ1v) is 5.45. The minimum atomic E-state index is -1.13. The molecule has 17 heavy (non-hydrogen) atoms. The molecule has 4 heteroatoms. The smallest absolute Gasteiger partial charge is 0.354 e. The predicted octanol–water partition coefficient (Wildman–Crippen LogP) is 3.02. The van der Waals surface area contributed by atoms with E-state index in [9.17, 15) is 9.18 Å². The van der Waals surface area contributed by atoms with Crippen LogP contribution in [-0.4, -0.2) is 16.1 Å². The SMILES string of the molecule is CCCc1cc(C(=O)O)nc2c(F)cccc12. The Hall–Kier alpha value is -1.97. The summed E-state index contributed by atoms with van der Waals surface area (Å²) in [5.41, 5.74) is 0.858. The van der Waals surface area contributed by atoms with E-state index in [1.165, 1.54) is 12.1 Å². The van der Waals surface area contributed by atoms with Crippen molar-refractivity contribution in [2.24, 2.45) is 0 Å². The van der Waals surface area contributed by atoms with E-state index in [-0.39, 0.29) is 11.2 Å². The molecule has 0 aliphatic heterocycles. The lowest BCUT2D eigenvalue weighted by Crippen LogP contribution is -2.03. The lowest BCUT2D eigenvalue weighted by Gasteiger charge is -2.07. The predicted molar refractivity (Wildman–Crippen MR) is 62.7 cm³/mol. The Morgan fingerprint density at radius 3 is 2.88 bits per heavy atom. The molecule has 88 valence electrons. The van der Waals surface area contributed by atoms with E-state index in [4.69, 9.17) is 5.11 Å². The standard InChI is InChI=1S/C13H12FNO2/c1-2-4-8-7-11(13(16)17)15-12-9(8)5-3-6-10(12)14/h3,5-7H,2,4H2,1H3,(H,16,17). The average molecular weight is 233 g/mol. The Labute approximate surface area is 97.9 Å². The van der Waals surface area contributed by atoms with E-state index >= 15 is 0 Å². The molecule has 2 aromatic rings. The number of para-hydroxylation sites is 1. The molecule has 0 saturated heterocycles. The Balaban J connectivity index is 2.76. The molecular weight excluding hydrogens is 221 g/mol. The number of rotatable bonds is 3. The molecule has 0 fully saturated rings. The zero-order chi connectivity index (χ0) is 12.4. The molecule has 1 aromatic carbocycles. The molecule has 1 N–H and O–H groups in total. The highest BCUT2D eigenvalue weighted by Crippen LogP contribution is 2.22. The fourth-order valence-electron chi connectivity index (χ4n) is 1.87. The van der Waals surface area contributed by atoms with E-state index in [1.807, 2.05) is 6.92 Å². The number of pyridine rings is 1. The normalized spacial score (nSPS) is 10.7. The second kappa shape index (κ2) is 4.49. The van der Waals surface area contributed by atoms with E-state index in [1.54, 1.807) is 12.1 Å². The van der Waals surface area contributed by atoms with Gasteiger partial charge in [-0.1, -0.05) is 25.5 Å². The van der Waals surface area contributed by atoms with E-state index < -0.39 is 11.8 Å². The third kappa shape index (κ3) is 2.11. The van der Waals surface area contributed by atoms with Crippen molar-refractivity contribution < 1.29 is 14.3 Å². The monoisotopic (exact) mass is 233 g/mol. The van der Waals surface area contributed by atoms with Gasteiger partial charge in [0.05, 0.1) is 0 Å². The molecule has 0 saturated carbocycles. The lowest BCUT2D eigenvalue weighted by molar-refractivity contribution is 0.0691. The Kier molecular flexibility index (Phi) is 3.04. The van der Waals surface area contributed by atoms with Crippen molar-refractivity contribution in [2.45, 2.75) is 19.8 Å². The van der Waals surface area contributed by atoms with Gasteiger partial charge < -0.3 is 5.11 Å². The highest BCUT2D eigenvalue weighted by Gasteiger charge is 2.12. The number of fused-ring (bicyclic) bond motifs is 1. The van der Waals surface area contributed by atoms with Gasteiger partial charge in [-0.3, -0.25) is 0 Å². The van der Waals surface area contributed by atoms with E-state index in [0.29, 0.717) is 11.8 Å². The number of nitrogens with zero attached hydrogens (tertiary/aromatic N) is 1. The van der Waals surface area contributed by atoms with E-state index in [0.717, 1.165) is 12.0 Å². The molecule has 0 unspecified atom stereocenters. The van der Waals surface area contributed by atoms with Gasteiger partial charge in [0.1, 0.15) is 17.0 Å². The molecule has 2 rings (SSSR count). The third-order valence-electron chi connectivity index (χ3n) is 2.61. The van der Waals surface area contributed by atoms with Crippen LogP contribution in [0.1, 0.15) is 29.4 Å². The van der Waals surface area contributed by atoms with Gasteiger partial charge >= 0.3 is 5.97 Å². The van der Waals surface area contributed by atoms with Crippen molar-refractivity contribution in [3.63, 3.8) is 0 Å². The summed E-state index contributed by atoms with van der Waals surface area (Å²) < 4.78 is 13.6. The molecule has 0 aliphatic rings. The lowest BCUT2D eigenvalue weighted by atomic mass is 10.0. The summed E-state index contributed by atoms with van der Waals surface area (Å²) in [6, 6.07) is 6.19. The topological polar surface area (TPSA) is 50.2 Å². The molecule has 0 atom stereocenters. The average Bonchev–Trinajstić information content (AvgIpc) is 2.30. The van der Waals surface area contributed by atoms with Crippen LogP contribution in [0.15, 0.2) is 24.3 Å². The van der Waals surface area contributed by atoms with Crippen LogP contribution in [0, 0.1) is 5.82 Å². The minimum absolute atomic E-state index is 0.106. The summed E-state index contributed by atoms with van der Waals surface area (Å²) in [7, 11) is 0. The maximum absolute atomic E-state index is 13.6. The number of aromatic carboxylic acids is 1. The first-order chi connectivity index (χ1) is 8.13. The number of halogens is 1. The minimum Gasteiger partial charge on any atom is -0.477 e. The number of benzene rings is 1. The van der Waals surface area contributed by atoms with E-state index in [2.05, 4.69) is 4.98 Å². The van der Waals surface area contributed by atoms with Gasteiger partial charge in [0.25, 0.3) is 0 Å². The van der Waals surface area contributed by atoms with Gasteiger partial charge in [-0.25, -0.2) is 14.2 Å². The first kappa shape index (κ1) is 11.5. The number of aromatic nitrogens is 1. The quantitative estimate of drug-likeness (QED) is 0.886. The number of carbonyl (C=O) groups is 1. The molecule has 0 aliphatic carbocycles. The maximum Gasteiger partial charge on any atom is 0.354 e. The second-order valence-electron chi connectivity index (χ2n) is 3.86. The van der Waals surface area contributed by atoms with Crippen LogP contribution in [0.5, 0.6) is 0 Å². The van der Waals surface area contributed by atoms with Gasteiger partial charge in [0.2, 0.25) is 0 Å². The zero-order valence-corrected chi connectivity index (χ0v) is 9.40. The maximum atomic E-state index is 13.6. The summed E-state index contributed by atoms with van der Waals surface area (Å²) in [5, 5.41) is 9.63. The van der Waals surface area contributed by atoms with Crippen molar-refractivity contribution in [3.05, 3.63) is 41.3 Å². The van der Waals surface area contributed by atoms with Crippen molar-refractivity contribution in [3.8, 4) is 0 Å². The van der Waals surface area contributed by atoms with Gasteiger partial charge in [-0.2, -0.15) is 0 Å². The summed E-state index contributed by atoms with van der Waals surface area (Å²) in [5.74, 6) is -1.62. The molecule has 0 amide bonds. The van der Waals surface area contributed by atoms with Crippen LogP contribution in [0.25, 0.3) is 10.9 Å². The Morgan fingerprint density at radius 2 is 2.24 bits per heavy atom. The first-order valence-electron chi connectivity index (χ1n) is 5.45. The van der Waals surface area contributed by atoms with Crippen molar-refractivity contribution in [1.82, 2.24) is 4.98 Å². The van der Waals surface area contributed by atoms with Gasteiger partial charge in [-0.15, -0.1) is 0 Å². The van der Waals surface area contributed by atoms with Gasteiger partial charge in [-0.05, 0) is 24.1 Å². The fourth-order valence-corrected chi connectivity index (χ4v) is 1.87. The van der Waals surface area contributed by atoms with Crippen LogP contribution in [-0.2, 0) is 6.42 Å². The second-order valence-corrected chi connectivity index (χ2v) is 3.86. The number of carboxylic acids is 1. The number of aryl methyl sites for hydroxylation is 1. The molecule has 0 radical (unpaired) electrons. The molecule has 0 bridgehead atoms. The number of hydrogen-bond donors (Lipinski definition) is 1. The molecule has 3 nitrogen and oxygen atoms in total. The molecule has 0 spiro atoms. The number of carboxylic acid groups (broad SMARTS) is 1. The van der Waals surface area contributed by atoms with Crippen LogP contribution < -0.4 is 0 Å². The van der Waals surface area contributed by atoms with Crippen LogP contribution >= 0.6 is 0 Å². The van der Waals surface area contributed by atoms with Crippen LogP contribution in [0.3, 0.4) is 0 Å². The third-order valence-corrected chi connectivity index (χ3v) is 2.61. The van der Waals surface area contributed by atoms with Crippen molar-refractivity contribution in [2.75, 3.05) is 0 Å². The molecule has 1 aromatic heterocycles. The van der Waals surface area contributed by atoms with Gasteiger partial charge in [0.15, 0.2) is 0 Å². The van der Waals surface area contributed by atoms with Crippen molar-refractivity contribution in [1.29, 1.82) is 0 Å². The zero-order valence-electron chi connectivity index (χ0n) is 9.40. The molecular formula is C13H12FNO2. The van der Waals surface area contributed by atoms with Crippen LogP contribution in [0.2, 0.25) is 0 Å². The highest BCUT2D eigenvalue weighted by molar-refractivity contribution is 5.91. The fraction of sp³-hybridized carbons (Fsp3) is 0.231. The highest BCUT2D eigenvalue weighted by atomic mass is 19.1. The Bertz CT molecular complexity index is 581. The molecule has 1 heterocycles.